The van der Waals surface area contributed by atoms with Crippen LogP contribution in [0, 0.1) is 0 Å². The lowest BCUT2D eigenvalue weighted by atomic mass is 10.0. The minimum atomic E-state index is 0.0956. The van der Waals surface area contributed by atoms with E-state index in [1.807, 2.05) is 24.3 Å². The molecule has 0 saturated heterocycles. The third kappa shape index (κ3) is 1.61. The fraction of sp³-hybridized carbons (Fsp3) is 0.188. The zero-order chi connectivity index (χ0) is 12.7. The molecule has 0 radical (unpaired) electrons. The number of aromatic amines is 1. The second-order valence-electron chi connectivity index (χ2n) is 4.95. The van der Waals surface area contributed by atoms with Crippen molar-refractivity contribution in [1.82, 2.24) is 4.98 Å². The van der Waals surface area contributed by atoms with Gasteiger partial charge in [-0.2, -0.15) is 0 Å². The summed E-state index contributed by atoms with van der Waals surface area (Å²) in [6.45, 7) is 4.17. The van der Waals surface area contributed by atoms with Gasteiger partial charge < -0.3 is 4.98 Å². The molecule has 0 spiro atoms. The Hall–Kier alpha value is -2.09. The van der Waals surface area contributed by atoms with E-state index in [1.165, 1.54) is 0 Å². The van der Waals surface area contributed by atoms with Crippen LogP contribution in [0.15, 0.2) is 47.3 Å². The predicted octanol–water partition coefficient (Wildman–Crippen LogP) is 3.80. The Morgan fingerprint density at radius 3 is 2.56 bits per heavy atom. The van der Waals surface area contributed by atoms with E-state index in [1.54, 1.807) is 6.07 Å². The zero-order valence-electron chi connectivity index (χ0n) is 10.5. The molecule has 0 aliphatic rings. The van der Waals surface area contributed by atoms with Crippen molar-refractivity contribution in [3.8, 4) is 0 Å². The molecule has 0 aliphatic heterocycles. The molecule has 1 aromatic heterocycles. The number of hydrogen-bond acceptors (Lipinski definition) is 1. The molecule has 0 unspecified atom stereocenters. The van der Waals surface area contributed by atoms with Crippen LogP contribution in [0.3, 0.4) is 0 Å². The summed E-state index contributed by atoms with van der Waals surface area (Å²) < 4.78 is 0. The summed E-state index contributed by atoms with van der Waals surface area (Å²) in [7, 11) is 0. The highest BCUT2D eigenvalue weighted by molar-refractivity contribution is 6.04. The Kier molecular flexibility index (Phi) is 2.44. The van der Waals surface area contributed by atoms with Crippen LogP contribution in [-0.2, 0) is 0 Å². The number of aromatic nitrogens is 1. The lowest BCUT2D eigenvalue weighted by Crippen LogP contribution is -2.06. The molecule has 0 amide bonds. The van der Waals surface area contributed by atoms with Crippen molar-refractivity contribution in [2.24, 2.45) is 0 Å². The van der Waals surface area contributed by atoms with Gasteiger partial charge in [0.25, 0.3) is 0 Å². The van der Waals surface area contributed by atoms with E-state index in [-0.39, 0.29) is 5.43 Å². The van der Waals surface area contributed by atoms with Gasteiger partial charge in [-0.3, -0.25) is 4.79 Å². The second kappa shape index (κ2) is 3.98. The lowest BCUT2D eigenvalue weighted by molar-refractivity contribution is 0.829. The average molecular weight is 237 g/mol. The topological polar surface area (TPSA) is 32.9 Å². The highest BCUT2D eigenvalue weighted by Gasteiger charge is 2.07. The molecule has 0 fully saturated rings. The molecule has 2 heteroatoms. The monoisotopic (exact) mass is 237 g/mol. The van der Waals surface area contributed by atoms with Gasteiger partial charge in [-0.15, -0.1) is 0 Å². The fourth-order valence-corrected chi connectivity index (χ4v) is 2.32. The summed E-state index contributed by atoms with van der Waals surface area (Å²) in [5.74, 6) is 0.320. The summed E-state index contributed by atoms with van der Waals surface area (Å²) in [6, 6.07) is 13.7. The maximum atomic E-state index is 12.1. The Labute approximate surface area is 105 Å². The van der Waals surface area contributed by atoms with Crippen molar-refractivity contribution in [1.29, 1.82) is 0 Å². The van der Waals surface area contributed by atoms with Crippen molar-refractivity contribution in [2.75, 3.05) is 0 Å². The first-order valence-electron chi connectivity index (χ1n) is 6.21. The molecule has 3 aromatic rings. The number of H-pyrrole nitrogens is 1. The molecule has 0 aliphatic carbocycles. The molecule has 1 heterocycles. The molecule has 0 bridgehead atoms. The Morgan fingerprint density at radius 1 is 1.00 bits per heavy atom. The highest BCUT2D eigenvalue weighted by atomic mass is 16.1. The molecule has 2 aromatic carbocycles. The van der Waals surface area contributed by atoms with E-state index in [9.17, 15) is 4.79 Å². The number of pyridine rings is 1. The van der Waals surface area contributed by atoms with Crippen molar-refractivity contribution in [3.63, 3.8) is 0 Å². The first-order chi connectivity index (χ1) is 8.66. The van der Waals surface area contributed by atoms with Crippen LogP contribution in [-0.4, -0.2) is 4.98 Å². The van der Waals surface area contributed by atoms with Crippen LogP contribution in [0.25, 0.3) is 21.7 Å². The molecule has 2 nitrogen and oxygen atoms in total. The van der Waals surface area contributed by atoms with Crippen molar-refractivity contribution >= 4 is 21.7 Å². The highest BCUT2D eigenvalue weighted by Crippen LogP contribution is 2.23. The van der Waals surface area contributed by atoms with Gasteiger partial charge in [0.1, 0.15) is 0 Å². The lowest BCUT2D eigenvalue weighted by Gasteiger charge is -2.09. The summed E-state index contributed by atoms with van der Waals surface area (Å²) in [5.41, 5.74) is 2.03. The molecule has 0 atom stereocenters. The van der Waals surface area contributed by atoms with Gasteiger partial charge in [0.15, 0.2) is 5.43 Å². The van der Waals surface area contributed by atoms with Crippen LogP contribution in [0.2, 0.25) is 0 Å². The van der Waals surface area contributed by atoms with Gasteiger partial charge in [-0.25, -0.2) is 0 Å². The Bertz CT molecular complexity index is 784. The molecule has 1 N–H and O–H groups in total. The summed E-state index contributed by atoms with van der Waals surface area (Å²) in [5, 5.41) is 3.02. The smallest absolute Gasteiger partial charge is 0.189 e. The number of fused-ring (bicyclic) bond motifs is 3. The first-order valence-corrected chi connectivity index (χ1v) is 6.21. The van der Waals surface area contributed by atoms with Crippen LogP contribution in [0.4, 0.5) is 0 Å². The van der Waals surface area contributed by atoms with Gasteiger partial charge >= 0.3 is 0 Å². The third-order valence-electron chi connectivity index (χ3n) is 3.37. The molecule has 18 heavy (non-hydrogen) atoms. The summed E-state index contributed by atoms with van der Waals surface area (Å²) >= 11 is 0. The van der Waals surface area contributed by atoms with E-state index < -0.39 is 0 Å². The number of benzene rings is 2. The summed E-state index contributed by atoms with van der Waals surface area (Å²) in [4.78, 5) is 15.5. The fourth-order valence-electron chi connectivity index (χ4n) is 2.32. The quantitative estimate of drug-likeness (QED) is 0.641. The van der Waals surface area contributed by atoms with E-state index in [0.29, 0.717) is 5.92 Å². The van der Waals surface area contributed by atoms with Gasteiger partial charge in [0, 0.05) is 22.5 Å². The van der Waals surface area contributed by atoms with E-state index in [4.69, 9.17) is 0 Å². The maximum Gasteiger partial charge on any atom is 0.189 e. The van der Waals surface area contributed by atoms with E-state index in [2.05, 4.69) is 31.0 Å². The normalized spacial score (nSPS) is 11.5. The average Bonchev–Trinajstić information content (AvgIpc) is 2.38. The minimum Gasteiger partial charge on any atom is -0.357 e. The van der Waals surface area contributed by atoms with Crippen LogP contribution in [0.1, 0.15) is 25.5 Å². The van der Waals surface area contributed by atoms with E-state index in [0.717, 1.165) is 27.4 Å². The van der Waals surface area contributed by atoms with Crippen molar-refractivity contribution in [3.05, 3.63) is 58.4 Å². The summed E-state index contributed by atoms with van der Waals surface area (Å²) in [6.07, 6.45) is 0. The van der Waals surface area contributed by atoms with Gasteiger partial charge in [0.05, 0.1) is 5.52 Å². The SMILES string of the molecule is CC(C)c1cc(=O)c2ccc3ccccc3c2[nH]1. The van der Waals surface area contributed by atoms with Gasteiger partial charge in [-0.05, 0) is 17.4 Å². The predicted molar refractivity (Wildman–Crippen MR) is 76.2 cm³/mol. The molecular formula is C16H15NO. The zero-order valence-corrected chi connectivity index (χ0v) is 10.5. The molecule has 3 rings (SSSR count). The van der Waals surface area contributed by atoms with E-state index >= 15 is 0 Å². The number of rotatable bonds is 1. The molecule has 90 valence electrons. The van der Waals surface area contributed by atoms with Gasteiger partial charge in [0.2, 0.25) is 0 Å². The Balaban J connectivity index is 2.52. The van der Waals surface area contributed by atoms with Crippen molar-refractivity contribution in [2.45, 2.75) is 19.8 Å². The van der Waals surface area contributed by atoms with Crippen LogP contribution in [0.5, 0.6) is 0 Å². The second-order valence-corrected chi connectivity index (χ2v) is 4.95. The number of hydrogen-bond donors (Lipinski definition) is 1. The maximum absolute atomic E-state index is 12.1. The standard InChI is InChI=1S/C16H15NO/c1-10(2)14-9-15(18)13-8-7-11-5-3-4-6-12(11)16(13)17-14/h3-10H,1-2H3,(H,17,18). The largest absolute Gasteiger partial charge is 0.357 e. The Morgan fingerprint density at radius 2 is 1.78 bits per heavy atom. The number of nitrogens with one attached hydrogen (secondary N) is 1. The van der Waals surface area contributed by atoms with Crippen LogP contribution < -0.4 is 5.43 Å². The van der Waals surface area contributed by atoms with Gasteiger partial charge in [-0.1, -0.05) is 44.2 Å². The van der Waals surface area contributed by atoms with Crippen LogP contribution >= 0.6 is 0 Å². The first kappa shape index (κ1) is 11.0. The minimum absolute atomic E-state index is 0.0956. The third-order valence-corrected chi connectivity index (χ3v) is 3.37. The van der Waals surface area contributed by atoms with Crippen molar-refractivity contribution < 1.29 is 0 Å². The molecular weight excluding hydrogens is 222 g/mol. The molecule has 0 saturated carbocycles.